The summed E-state index contributed by atoms with van der Waals surface area (Å²) in [6.45, 7) is 0. The highest BCUT2D eigenvalue weighted by molar-refractivity contribution is 7.80. The lowest BCUT2D eigenvalue weighted by atomic mass is 9.99. The fourth-order valence-electron chi connectivity index (χ4n) is 2.59. The number of halogens is 1. The zero-order valence-electron chi connectivity index (χ0n) is 12.2. The molecule has 1 aliphatic rings. The average Bonchev–Trinajstić information content (AvgIpc) is 3.00. The molecule has 22 heavy (non-hydrogen) atoms. The van der Waals surface area contributed by atoms with Crippen LogP contribution in [-0.4, -0.2) is 22.9 Å². The van der Waals surface area contributed by atoms with E-state index in [1.54, 1.807) is 0 Å². The third-order valence-corrected chi connectivity index (χ3v) is 4.30. The van der Waals surface area contributed by atoms with Crippen LogP contribution in [0, 0.1) is 0 Å². The minimum Gasteiger partial charge on any atom is -0.364 e. The van der Waals surface area contributed by atoms with Crippen LogP contribution < -0.4 is 5.32 Å². The quantitative estimate of drug-likeness (QED) is 0.844. The number of nitrogens with one attached hydrogen (secondary N) is 1. The fourth-order valence-corrected chi connectivity index (χ4v) is 2.96. The summed E-state index contributed by atoms with van der Waals surface area (Å²) >= 11 is 11.5. The van der Waals surface area contributed by atoms with Crippen LogP contribution in [0.3, 0.4) is 0 Å². The van der Waals surface area contributed by atoms with Gasteiger partial charge in [-0.2, -0.15) is 5.10 Å². The molecule has 0 radical (unpaired) electrons. The molecule has 2 aromatic carbocycles. The van der Waals surface area contributed by atoms with Crippen LogP contribution in [0.4, 0.5) is 0 Å². The molecule has 0 aromatic heterocycles. The van der Waals surface area contributed by atoms with Crippen molar-refractivity contribution in [2.75, 3.05) is 7.05 Å². The van der Waals surface area contributed by atoms with Gasteiger partial charge in [0.05, 0.1) is 11.8 Å². The maximum absolute atomic E-state index is 6.13. The largest absolute Gasteiger partial charge is 0.364 e. The molecule has 0 aliphatic carbocycles. The van der Waals surface area contributed by atoms with Crippen molar-refractivity contribution < 1.29 is 0 Å². The number of thiocarbonyl (C=S) groups is 1. The van der Waals surface area contributed by atoms with E-state index in [2.05, 4.69) is 23.5 Å². The van der Waals surface area contributed by atoms with Gasteiger partial charge in [0.15, 0.2) is 5.11 Å². The molecular formula is C17H16ClN3S. The second-order valence-corrected chi connectivity index (χ2v) is 5.91. The SMILES string of the molecule is CNC(=S)N1N=C(c2ccccc2)C[C@@H]1c1cccc(Cl)c1. The van der Waals surface area contributed by atoms with Crippen molar-refractivity contribution >= 4 is 34.6 Å². The van der Waals surface area contributed by atoms with Gasteiger partial charge in [-0.15, -0.1) is 0 Å². The molecule has 0 amide bonds. The molecule has 5 heteroatoms. The molecule has 1 heterocycles. The van der Waals surface area contributed by atoms with Crippen molar-refractivity contribution in [1.29, 1.82) is 0 Å². The summed E-state index contributed by atoms with van der Waals surface area (Å²) in [7, 11) is 1.81. The van der Waals surface area contributed by atoms with E-state index in [1.807, 2.05) is 48.5 Å². The minimum atomic E-state index is 0.0638. The van der Waals surface area contributed by atoms with Crippen LogP contribution in [0.25, 0.3) is 0 Å². The highest BCUT2D eigenvalue weighted by Gasteiger charge is 2.31. The topological polar surface area (TPSA) is 27.6 Å². The lowest BCUT2D eigenvalue weighted by Crippen LogP contribution is -2.34. The summed E-state index contributed by atoms with van der Waals surface area (Å²) in [5, 5.41) is 10.9. The monoisotopic (exact) mass is 329 g/mol. The smallest absolute Gasteiger partial charge is 0.189 e. The Morgan fingerprint density at radius 1 is 1.23 bits per heavy atom. The van der Waals surface area contributed by atoms with E-state index in [0.717, 1.165) is 28.3 Å². The first-order valence-corrected chi connectivity index (χ1v) is 7.87. The van der Waals surface area contributed by atoms with E-state index in [0.29, 0.717) is 5.11 Å². The summed E-state index contributed by atoms with van der Waals surface area (Å²) < 4.78 is 0. The van der Waals surface area contributed by atoms with Crippen LogP contribution in [0.2, 0.25) is 5.02 Å². The van der Waals surface area contributed by atoms with Crippen molar-refractivity contribution in [2.24, 2.45) is 5.10 Å². The first-order chi connectivity index (χ1) is 10.7. The Morgan fingerprint density at radius 2 is 2.00 bits per heavy atom. The van der Waals surface area contributed by atoms with Gasteiger partial charge in [0.1, 0.15) is 0 Å². The highest BCUT2D eigenvalue weighted by atomic mass is 35.5. The maximum atomic E-state index is 6.13. The van der Waals surface area contributed by atoms with E-state index in [1.165, 1.54) is 0 Å². The van der Waals surface area contributed by atoms with Crippen LogP contribution in [0.15, 0.2) is 59.7 Å². The van der Waals surface area contributed by atoms with E-state index < -0.39 is 0 Å². The molecule has 0 saturated heterocycles. The Balaban J connectivity index is 1.96. The Morgan fingerprint density at radius 3 is 2.68 bits per heavy atom. The molecular weight excluding hydrogens is 314 g/mol. The summed E-state index contributed by atoms with van der Waals surface area (Å²) in [5.41, 5.74) is 3.26. The van der Waals surface area contributed by atoms with Crippen LogP contribution in [0.5, 0.6) is 0 Å². The fraction of sp³-hybridized carbons (Fsp3) is 0.176. The minimum absolute atomic E-state index is 0.0638. The van der Waals surface area contributed by atoms with Gasteiger partial charge in [0, 0.05) is 18.5 Å². The molecule has 1 N–H and O–H groups in total. The second kappa shape index (κ2) is 6.46. The molecule has 1 atom stereocenters. The first-order valence-electron chi connectivity index (χ1n) is 7.08. The van der Waals surface area contributed by atoms with Crippen molar-refractivity contribution in [1.82, 2.24) is 10.3 Å². The predicted molar refractivity (Wildman–Crippen MR) is 95.3 cm³/mol. The Hall–Kier alpha value is -1.91. The van der Waals surface area contributed by atoms with Gasteiger partial charge in [-0.3, -0.25) is 0 Å². The number of rotatable bonds is 2. The number of nitrogens with zero attached hydrogens (tertiary/aromatic N) is 2. The zero-order chi connectivity index (χ0) is 15.5. The number of hydrogen-bond donors (Lipinski definition) is 1. The molecule has 2 aromatic rings. The Bertz CT molecular complexity index is 715. The van der Waals surface area contributed by atoms with Gasteiger partial charge in [0.25, 0.3) is 0 Å². The normalized spacial score (nSPS) is 17.3. The Labute approximate surface area is 140 Å². The van der Waals surface area contributed by atoms with E-state index in [9.17, 15) is 0 Å². The molecule has 112 valence electrons. The summed E-state index contributed by atoms with van der Waals surface area (Å²) in [4.78, 5) is 0. The summed E-state index contributed by atoms with van der Waals surface area (Å²) in [6, 6.07) is 18.1. The summed E-state index contributed by atoms with van der Waals surface area (Å²) in [6.07, 6.45) is 0.798. The van der Waals surface area contributed by atoms with E-state index >= 15 is 0 Å². The van der Waals surface area contributed by atoms with Gasteiger partial charge in [-0.05, 0) is 35.5 Å². The van der Waals surface area contributed by atoms with Crippen molar-refractivity contribution in [3.63, 3.8) is 0 Å². The third-order valence-electron chi connectivity index (χ3n) is 3.67. The predicted octanol–water partition coefficient (Wildman–Crippen LogP) is 4.00. The Kier molecular flexibility index (Phi) is 4.41. The first kappa shape index (κ1) is 15.0. The number of benzene rings is 2. The average molecular weight is 330 g/mol. The molecule has 0 bridgehead atoms. The standard InChI is InChI=1S/C17H16ClN3S/c1-19-17(22)21-16(13-8-5-9-14(18)10-13)11-15(20-21)12-6-3-2-4-7-12/h2-10,16H,11H2,1H3,(H,19,22)/t16-/m1/s1. The molecule has 1 aliphatic heterocycles. The molecule has 0 spiro atoms. The van der Waals surface area contributed by atoms with Crippen molar-refractivity contribution in [3.8, 4) is 0 Å². The molecule has 3 nitrogen and oxygen atoms in total. The van der Waals surface area contributed by atoms with Gasteiger partial charge >= 0.3 is 0 Å². The zero-order valence-corrected chi connectivity index (χ0v) is 13.7. The lowest BCUT2D eigenvalue weighted by Gasteiger charge is -2.23. The highest BCUT2D eigenvalue weighted by Crippen LogP contribution is 2.33. The molecule has 0 saturated carbocycles. The van der Waals surface area contributed by atoms with Crippen molar-refractivity contribution in [3.05, 3.63) is 70.7 Å². The molecule has 0 unspecified atom stereocenters. The third kappa shape index (κ3) is 2.98. The molecule has 0 fully saturated rings. The van der Waals surface area contributed by atoms with Gasteiger partial charge in [0.2, 0.25) is 0 Å². The number of hydrogen-bond acceptors (Lipinski definition) is 2. The summed E-state index contributed by atoms with van der Waals surface area (Å²) in [5.74, 6) is 0. The lowest BCUT2D eigenvalue weighted by molar-refractivity contribution is 0.367. The van der Waals surface area contributed by atoms with E-state index in [-0.39, 0.29) is 6.04 Å². The van der Waals surface area contributed by atoms with Crippen LogP contribution in [0.1, 0.15) is 23.6 Å². The van der Waals surface area contributed by atoms with E-state index in [4.69, 9.17) is 28.9 Å². The second-order valence-electron chi connectivity index (χ2n) is 5.09. The van der Waals surface area contributed by atoms with Gasteiger partial charge in [-0.25, -0.2) is 5.01 Å². The maximum Gasteiger partial charge on any atom is 0.189 e. The van der Waals surface area contributed by atoms with Crippen LogP contribution in [-0.2, 0) is 0 Å². The van der Waals surface area contributed by atoms with Crippen molar-refractivity contribution in [2.45, 2.75) is 12.5 Å². The van der Waals surface area contributed by atoms with Crippen LogP contribution >= 0.6 is 23.8 Å². The molecule has 3 rings (SSSR count). The number of hydrazone groups is 1. The van der Waals surface area contributed by atoms with Gasteiger partial charge < -0.3 is 5.32 Å². The van der Waals surface area contributed by atoms with Gasteiger partial charge in [-0.1, -0.05) is 54.1 Å².